The number of carbonyl (C=O) groups is 3. The molecule has 1 saturated heterocycles. The van der Waals surface area contributed by atoms with Crippen molar-refractivity contribution in [2.24, 2.45) is 0 Å². The predicted molar refractivity (Wildman–Crippen MR) is 102 cm³/mol. The smallest absolute Gasteiger partial charge is 0.312 e. The van der Waals surface area contributed by atoms with E-state index in [-0.39, 0.29) is 17.7 Å². The first kappa shape index (κ1) is 19.2. The molecule has 0 spiro atoms. The zero-order valence-electron chi connectivity index (χ0n) is 15.5. The van der Waals surface area contributed by atoms with Gasteiger partial charge in [0.1, 0.15) is 0 Å². The molecule has 0 saturated carbocycles. The van der Waals surface area contributed by atoms with E-state index in [4.69, 9.17) is 16.0 Å². The van der Waals surface area contributed by atoms with Crippen molar-refractivity contribution < 1.29 is 18.8 Å². The molecule has 0 unspecified atom stereocenters. The Morgan fingerprint density at radius 2 is 1.74 bits per heavy atom. The number of fused-ring (bicyclic) bond motifs is 1. The highest BCUT2D eigenvalue weighted by Crippen LogP contribution is 2.31. The summed E-state index contributed by atoms with van der Waals surface area (Å²) in [5, 5.41) is 3.86. The summed E-state index contributed by atoms with van der Waals surface area (Å²) in [5.74, 6) is -1.16. The van der Waals surface area contributed by atoms with Crippen molar-refractivity contribution in [3.63, 3.8) is 0 Å². The van der Waals surface area contributed by atoms with Crippen molar-refractivity contribution in [2.75, 3.05) is 26.2 Å². The minimum Gasteiger partial charge on any atom is -0.449 e. The Bertz CT molecular complexity index is 898. The van der Waals surface area contributed by atoms with E-state index in [1.54, 1.807) is 24.8 Å². The standard InChI is InChI=1S/C19H22ClN3O4/c1-11(2)21-17(24)19(26)23-9-7-22(8-10-23)18(25)15-12(3)13-5-4-6-14(20)16(13)27-15/h4-6,11H,7-10H2,1-3H3,(H,21,24). The number of carbonyl (C=O) groups excluding carboxylic acids is 3. The minimum atomic E-state index is -0.618. The molecule has 1 aliphatic rings. The number of nitrogens with zero attached hydrogens (tertiary/aromatic N) is 2. The Morgan fingerprint density at radius 1 is 1.11 bits per heavy atom. The Kier molecular flexibility index (Phi) is 5.41. The monoisotopic (exact) mass is 391 g/mol. The molecule has 1 fully saturated rings. The van der Waals surface area contributed by atoms with Gasteiger partial charge in [-0.15, -0.1) is 0 Å². The van der Waals surface area contributed by atoms with E-state index in [9.17, 15) is 14.4 Å². The molecule has 2 heterocycles. The largest absolute Gasteiger partial charge is 0.449 e. The number of hydrogen-bond donors (Lipinski definition) is 1. The zero-order chi connectivity index (χ0) is 19.7. The van der Waals surface area contributed by atoms with Gasteiger partial charge in [0, 0.05) is 43.2 Å². The summed E-state index contributed by atoms with van der Waals surface area (Å²) < 4.78 is 5.73. The van der Waals surface area contributed by atoms with Gasteiger partial charge in [-0.2, -0.15) is 0 Å². The van der Waals surface area contributed by atoms with Gasteiger partial charge in [-0.25, -0.2) is 0 Å². The lowest BCUT2D eigenvalue weighted by atomic mass is 10.1. The van der Waals surface area contributed by atoms with Gasteiger partial charge >= 0.3 is 11.8 Å². The van der Waals surface area contributed by atoms with Crippen LogP contribution in [0.5, 0.6) is 0 Å². The third-order valence-corrected chi connectivity index (χ3v) is 4.88. The van der Waals surface area contributed by atoms with E-state index < -0.39 is 11.8 Å². The number of rotatable bonds is 2. The maximum absolute atomic E-state index is 12.9. The van der Waals surface area contributed by atoms with Crippen molar-refractivity contribution in [1.29, 1.82) is 0 Å². The second kappa shape index (κ2) is 7.60. The van der Waals surface area contributed by atoms with Crippen molar-refractivity contribution in [1.82, 2.24) is 15.1 Å². The fraction of sp³-hybridized carbons (Fsp3) is 0.421. The molecular weight excluding hydrogens is 370 g/mol. The molecule has 144 valence electrons. The van der Waals surface area contributed by atoms with E-state index in [1.165, 1.54) is 4.90 Å². The Labute approximate surface area is 162 Å². The molecule has 7 nitrogen and oxygen atoms in total. The average Bonchev–Trinajstić information content (AvgIpc) is 2.98. The Hall–Kier alpha value is -2.54. The van der Waals surface area contributed by atoms with E-state index >= 15 is 0 Å². The molecule has 3 amide bonds. The van der Waals surface area contributed by atoms with Crippen molar-refractivity contribution in [3.8, 4) is 0 Å². The lowest BCUT2D eigenvalue weighted by Crippen LogP contribution is -2.54. The van der Waals surface area contributed by atoms with Crippen LogP contribution in [0.1, 0.15) is 30.0 Å². The number of piperazine rings is 1. The van der Waals surface area contributed by atoms with Crippen LogP contribution in [0, 0.1) is 6.92 Å². The van der Waals surface area contributed by atoms with Gasteiger partial charge in [-0.05, 0) is 26.8 Å². The lowest BCUT2D eigenvalue weighted by Gasteiger charge is -2.34. The van der Waals surface area contributed by atoms with Crippen molar-refractivity contribution in [2.45, 2.75) is 26.8 Å². The van der Waals surface area contributed by atoms with Crippen LogP contribution in [0.2, 0.25) is 5.02 Å². The summed E-state index contributed by atoms with van der Waals surface area (Å²) in [6.45, 7) is 6.69. The summed E-state index contributed by atoms with van der Waals surface area (Å²) in [7, 11) is 0. The van der Waals surface area contributed by atoms with Gasteiger partial charge < -0.3 is 19.5 Å². The summed E-state index contributed by atoms with van der Waals surface area (Å²) in [5.41, 5.74) is 1.24. The number of amides is 3. The topological polar surface area (TPSA) is 82.9 Å². The number of benzene rings is 1. The predicted octanol–water partition coefficient (Wildman–Crippen LogP) is 2.20. The molecular formula is C19H22ClN3O4. The van der Waals surface area contributed by atoms with Gasteiger partial charge in [-0.1, -0.05) is 23.7 Å². The van der Waals surface area contributed by atoms with Crippen LogP contribution in [0.4, 0.5) is 0 Å². The highest BCUT2D eigenvalue weighted by atomic mass is 35.5. The van der Waals surface area contributed by atoms with Crippen LogP contribution in [0.25, 0.3) is 11.0 Å². The number of furan rings is 1. The molecule has 8 heteroatoms. The second-order valence-electron chi connectivity index (χ2n) is 6.89. The lowest BCUT2D eigenvalue weighted by molar-refractivity contribution is -0.147. The van der Waals surface area contributed by atoms with Crippen LogP contribution in [-0.2, 0) is 9.59 Å². The molecule has 27 heavy (non-hydrogen) atoms. The first-order valence-corrected chi connectivity index (χ1v) is 9.24. The van der Waals surface area contributed by atoms with Crippen LogP contribution >= 0.6 is 11.6 Å². The van der Waals surface area contributed by atoms with Gasteiger partial charge in [0.15, 0.2) is 11.3 Å². The Morgan fingerprint density at radius 3 is 2.33 bits per heavy atom. The SMILES string of the molecule is Cc1c(C(=O)N2CCN(C(=O)C(=O)NC(C)C)CC2)oc2c(Cl)cccc12. The summed E-state index contributed by atoms with van der Waals surface area (Å²) in [6, 6.07) is 5.29. The highest BCUT2D eigenvalue weighted by molar-refractivity contribution is 6.35. The molecule has 0 bridgehead atoms. The number of aryl methyl sites for hydroxylation is 1. The maximum Gasteiger partial charge on any atom is 0.312 e. The molecule has 1 aromatic heterocycles. The minimum absolute atomic E-state index is 0.104. The van der Waals surface area contributed by atoms with Gasteiger partial charge in [0.05, 0.1) is 5.02 Å². The second-order valence-corrected chi connectivity index (χ2v) is 7.29. The van der Waals surface area contributed by atoms with E-state index in [2.05, 4.69) is 5.32 Å². The van der Waals surface area contributed by atoms with E-state index in [0.717, 1.165) is 10.9 Å². The molecule has 3 rings (SSSR count). The van der Waals surface area contributed by atoms with Crippen LogP contribution in [0.3, 0.4) is 0 Å². The molecule has 0 radical (unpaired) electrons. The van der Waals surface area contributed by atoms with Gasteiger partial charge in [-0.3, -0.25) is 14.4 Å². The first-order valence-electron chi connectivity index (χ1n) is 8.86. The number of halogens is 1. The molecule has 1 aromatic carbocycles. The number of nitrogens with one attached hydrogen (secondary N) is 1. The maximum atomic E-state index is 12.9. The molecule has 1 aliphatic heterocycles. The molecule has 2 aromatic rings. The van der Waals surface area contributed by atoms with Crippen molar-refractivity contribution in [3.05, 3.63) is 34.5 Å². The summed E-state index contributed by atoms with van der Waals surface area (Å²) >= 11 is 6.15. The van der Waals surface area contributed by atoms with Crippen LogP contribution in [-0.4, -0.2) is 59.7 Å². The Balaban J connectivity index is 1.69. The zero-order valence-corrected chi connectivity index (χ0v) is 16.3. The number of para-hydroxylation sites is 1. The average molecular weight is 392 g/mol. The van der Waals surface area contributed by atoms with Crippen molar-refractivity contribution >= 4 is 40.3 Å². The molecule has 0 aliphatic carbocycles. The van der Waals surface area contributed by atoms with E-state index in [1.807, 2.05) is 19.1 Å². The summed E-state index contributed by atoms with van der Waals surface area (Å²) in [4.78, 5) is 40.0. The summed E-state index contributed by atoms with van der Waals surface area (Å²) in [6.07, 6.45) is 0. The first-order chi connectivity index (χ1) is 12.8. The third-order valence-electron chi connectivity index (χ3n) is 4.58. The molecule has 1 N–H and O–H groups in total. The quantitative estimate of drug-likeness (QED) is 0.795. The number of hydrogen-bond acceptors (Lipinski definition) is 4. The van der Waals surface area contributed by atoms with E-state index in [0.29, 0.717) is 36.8 Å². The van der Waals surface area contributed by atoms with Gasteiger partial charge in [0.2, 0.25) is 0 Å². The van der Waals surface area contributed by atoms with Gasteiger partial charge in [0.25, 0.3) is 5.91 Å². The normalized spacial score (nSPS) is 14.7. The fourth-order valence-electron chi connectivity index (χ4n) is 3.14. The van der Waals surface area contributed by atoms with Crippen LogP contribution in [0.15, 0.2) is 22.6 Å². The van der Waals surface area contributed by atoms with Crippen LogP contribution < -0.4 is 5.32 Å². The molecule has 0 atom stereocenters. The fourth-order valence-corrected chi connectivity index (χ4v) is 3.35. The third kappa shape index (κ3) is 3.78. The highest BCUT2D eigenvalue weighted by Gasteiger charge is 2.30.